The Balaban J connectivity index is 1.51. The Morgan fingerprint density at radius 3 is 2.59 bits per heavy atom. The number of sulfonamides is 1. The summed E-state index contributed by atoms with van der Waals surface area (Å²) in [4.78, 5) is 15.1. The van der Waals surface area contributed by atoms with E-state index in [1.807, 2.05) is 18.2 Å². The van der Waals surface area contributed by atoms with Crippen LogP contribution in [-0.2, 0) is 16.4 Å². The van der Waals surface area contributed by atoms with Gasteiger partial charge in [-0.15, -0.1) is 11.3 Å². The van der Waals surface area contributed by atoms with E-state index in [4.69, 9.17) is 0 Å². The number of likely N-dealkylation sites (N-methyl/N-ethyl adjacent to an activating group) is 1. The molecule has 29 heavy (non-hydrogen) atoms. The fourth-order valence-electron chi connectivity index (χ4n) is 3.80. The van der Waals surface area contributed by atoms with Gasteiger partial charge in [-0.1, -0.05) is 42.5 Å². The van der Waals surface area contributed by atoms with Crippen LogP contribution in [0.5, 0.6) is 0 Å². The smallest absolute Gasteiger partial charge is 0.265 e. The Hall–Kier alpha value is -2.22. The highest BCUT2D eigenvalue weighted by atomic mass is 32.2. The highest BCUT2D eigenvalue weighted by molar-refractivity contribution is 7.89. The number of nitrogens with zero attached hydrogens (tertiary/aromatic N) is 2. The second-order valence-corrected chi connectivity index (χ2v) is 10.2. The number of hydrogen-bond acceptors (Lipinski definition) is 4. The van der Waals surface area contributed by atoms with Gasteiger partial charge in [0.1, 0.15) is 9.77 Å². The van der Waals surface area contributed by atoms with Crippen molar-refractivity contribution in [3.8, 4) is 0 Å². The molecule has 1 amide bonds. The predicted molar refractivity (Wildman–Crippen MR) is 117 cm³/mol. The first-order valence-electron chi connectivity index (χ1n) is 9.78. The van der Waals surface area contributed by atoms with Crippen LogP contribution in [0.15, 0.2) is 58.8 Å². The Morgan fingerprint density at radius 2 is 1.79 bits per heavy atom. The van der Waals surface area contributed by atoms with Gasteiger partial charge in [0.25, 0.3) is 5.91 Å². The Bertz CT molecular complexity index is 1130. The lowest BCUT2D eigenvalue weighted by Crippen LogP contribution is -2.32. The summed E-state index contributed by atoms with van der Waals surface area (Å²) >= 11 is 1.20. The molecule has 0 aliphatic carbocycles. The Morgan fingerprint density at radius 1 is 1.07 bits per heavy atom. The fourth-order valence-corrected chi connectivity index (χ4v) is 6.70. The first-order chi connectivity index (χ1) is 14.0. The van der Waals surface area contributed by atoms with Crippen molar-refractivity contribution in [1.82, 2.24) is 9.21 Å². The quantitative estimate of drug-likeness (QED) is 0.596. The Labute approximate surface area is 175 Å². The molecule has 0 N–H and O–H groups in total. The molecule has 5 nitrogen and oxygen atoms in total. The van der Waals surface area contributed by atoms with Crippen LogP contribution in [0.25, 0.3) is 10.8 Å². The molecule has 0 unspecified atom stereocenters. The van der Waals surface area contributed by atoms with E-state index in [0.29, 0.717) is 30.9 Å². The zero-order valence-electron chi connectivity index (χ0n) is 16.4. The van der Waals surface area contributed by atoms with Crippen LogP contribution in [0.3, 0.4) is 0 Å². The number of carbonyl (C=O) groups excluding carboxylic acids is 1. The summed E-state index contributed by atoms with van der Waals surface area (Å²) in [6, 6.07) is 15.9. The molecule has 1 aliphatic heterocycles. The number of hydrogen-bond donors (Lipinski definition) is 0. The largest absolute Gasteiger partial charge is 0.341 e. The third-order valence-corrected chi connectivity index (χ3v) is 8.42. The molecule has 7 heteroatoms. The third kappa shape index (κ3) is 3.95. The van der Waals surface area contributed by atoms with E-state index in [2.05, 4.69) is 24.3 Å². The van der Waals surface area contributed by atoms with Crippen molar-refractivity contribution in [3.63, 3.8) is 0 Å². The summed E-state index contributed by atoms with van der Waals surface area (Å²) in [6.45, 7) is 1.58. The van der Waals surface area contributed by atoms with Crippen LogP contribution in [0, 0.1) is 0 Å². The van der Waals surface area contributed by atoms with E-state index in [-0.39, 0.29) is 10.8 Å². The first-order valence-corrected chi connectivity index (χ1v) is 12.1. The van der Waals surface area contributed by atoms with Gasteiger partial charge in [0.2, 0.25) is 10.0 Å². The van der Waals surface area contributed by atoms with Crippen LogP contribution >= 0.6 is 11.3 Å². The maximum absolute atomic E-state index is 13.0. The molecule has 1 fully saturated rings. The summed E-state index contributed by atoms with van der Waals surface area (Å²) in [6.07, 6.45) is 2.46. The van der Waals surface area contributed by atoms with Gasteiger partial charge in [-0.3, -0.25) is 4.79 Å². The molecule has 0 saturated carbocycles. The maximum Gasteiger partial charge on any atom is 0.265 e. The van der Waals surface area contributed by atoms with E-state index in [9.17, 15) is 13.2 Å². The van der Waals surface area contributed by atoms with E-state index in [1.165, 1.54) is 32.0 Å². The average molecular weight is 429 g/mol. The summed E-state index contributed by atoms with van der Waals surface area (Å²) in [5, 5.41) is 4.05. The lowest BCUT2D eigenvalue weighted by atomic mass is 10.0. The number of fused-ring (bicyclic) bond motifs is 1. The fraction of sp³-hybridized carbons (Fsp3) is 0.318. The van der Waals surface area contributed by atoms with Crippen molar-refractivity contribution < 1.29 is 13.2 Å². The summed E-state index contributed by atoms with van der Waals surface area (Å²) in [7, 11) is -1.87. The lowest BCUT2D eigenvalue weighted by molar-refractivity contribution is 0.0798. The van der Waals surface area contributed by atoms with Crippen LogP contribution in [0.2, 0.25) is 0 Å². The van der Waals surface area contributed by atoms with Crippen LogP contribution in [0.4, 0.5) is 0 Å². The topological polar surface area (TPSA) is 57.7 Å². The minimum atomic E-state index is -3.60. The van der Waals surface area contributed by atoms with Crippen LogP contribution < -0.4 is 0 Å². The Kier molecular flexibility index (Phi) is 5.72. The molecule has 0 atom stereocenters. The molecular formula is C22H24N2O3S2. The molecule has 3 aromatic rings. The SMILES string of the molecule is CN(CCc1cccc2ccccc12)C(=O)c1sccc1S(=O)(=O)N1CCCC1. The summed E-state index contributed by atoms with van der Waals surface area (Å²) in [5.41, 5.74) is 1.18. The zero-order valence-corrected chi connectivity index (χ0v) is 18.0. The van der Waals surface area contributed by atoms with Crippen molar-refractivity contribution in [1.29, 1.82) is 0 Å². The van der Waals surface area contributed by atoms with Gasteiger partial charge in [-0.05, 0) is 47.0 Å². The minimum absolute atomic E-state index is 0.145. The third-order valence-electron chi connectivity index (χ3n) is 5.45. The first kappa shape index (κ1) is 20.1. The van der Waals surface area contributed by atoms with E-state index in [1.54, 1.807) is 23.4 Å². The molecule has 1 saturated heterocycles. The molecule has 1 aromatic heterocycles. The molecule has 2 heterocycles. The van der Waals surface area contributed by atoms with Crippen molar-refractivity contribution in [2.45, 2.75) is 24.2 Å². The highest BCUT2D eigenvalue weighted by Gasteiger charge is 2.32. The van der Waals surface area contributed by atoms with E-state index >= 15 is 0 Å². The van der Waals surface area contributed by atoms with Gasteiger partial charge in [0, 0.05) is 26.7 Å². The summed E-state index contributed by atoms with van der Waals surface area (Å²) in [5.74, 6) is -0.238. The number of thiophene rings is 1. The second kappa shape index (κ2) is 8.26. The minimum Gasteiger partial charge on any atom is -0.341 e. The van der Waals surface area contributed by atoms with Crippen LogP contribution in [0.1, 0.15) is 28.1 Å². The zero-order chi connectivity index (χ0) is 20.4. The number of amides is 1. The molecule has 0 radical (unpaired) electrons. The molecule has 152 valence electrons. The lowest BCUT2D eigenvalue weighted by Gasteiger charge is -2.19. The normalized spacial score (nSPS) is 15.1. The van der Waals surface area contributed by atoms with Gasteiger partial charge in [0.15, 0.2) is 0 Å². The van der Waals surface area contributed by atoms with Gasteiger partial charge in [-0.25, -0.2) is 8.42 Å². The maximum atomic E-state index is 13.0. The van der Waals surface area contributed by atoms with Gasteiger partial charge < -0.3 is 4.90 Å². The second-order valence-electron chi connectivity index (χ2n) is 7.34. The highest BCUT2D eigenvalue weighted by Crippen LogP contribution is 2.28. The number of carbonyl (C=O) groups is 1. The van der Waals surface area contributed by atoms with Gasteiger partial charge >= 0.3 is 0 Å². The van der Waals surface area contributed by atoms with E-state index in [0.717, 1.165) is 12.8 Å². The van der Waals surface area contributed by atoms with Crippen molar-refractivity contribution in [3.05, 3.63) is 64.4 Å². The van der Waals surface area contributed by atoms with Gasteiger partial charge in [0.05, 0.1) is 0 Å². The van der Waals surface area contributed by atoms with Crippen molar-refractivity contribution in [2.24, 2.45) is 0 Å². The number of rotatable bonds is 6. The van der Waals surface area contributed by atoms with E-state index < -0.39 is 10.0 Å². The monoisotopic (exact) mass is 428 g/mol. The molecule has 2 aromatic carbocycles. The molecular weight excluding hydrogens is 404 g/mol. The predicted octanol–water partition coefficient (Wildman–Crippen LogP) is 4.00. The molecule has 4 rings (SSSR count). The average Bonchev–Trinajstić information content (AvgIpc) is 3.44. The summed E-state index contributed by atoms with van der Waals surface area (Å²) < 4.78 is 27.4. The van der Waals surface area contributed by atoms with Crippen molar-refractivity contribution >= 4 is 38.0 Å². The molecule has 1 aliphatic rings. The standard InChI is InChI=1S/C22H24N2O3S2/c1-23(15-11-18-9-6-8-17-7-2-3-10-19(17)18)22(25)21-20(12-16-28-21)29(26,27)24-13-4-5-14-24/h2-3,6-10,12,16H,4-5,11,13-15H2,1H3. The molecule has 0 spiro atoms. The number of benzene rings is 2. The molecule has 0 bridgehead atoms. The van der Waals surface area contributed by atoms with Crippen molar-refractivity contribution in [2.75, 3.05) is 26.7 Å². The van der Waals surface area contributed by atoms with Gasteiger partial charge in [-0.2, -0.15) is 4.31 Å². The van der Waals surface area contributed by atoms with Crippen LogP contribution in [-0.4, -0.2) is 50.2 Å².